The maximum atomic E-state index is 11.4. The molecule has 0 rings (SSSR count). The van der Waals surface area contributed by atoms with Gasteiger partial charge in [-0.2, -0.15) is 0 Å². The maximum Gasteiger partial charge on any atom is 0.317 e. The first-order chi connectivity index (χ1) is 6.93. The number of hydrogen-bond acceptors (Lipinski definition) is 2. The standard InChI is InChI=1S/C10H20N2O3/c1-8(2)7-11-10(15)12(3)6-4-5-9(13)14/h8H,4-7H2,1-3H3,(H,11,15)(H,13,14). The van der Waals surface area contributed by atoms with E-state index in [-0.39, 0.29) is 12.5 Å². The number of carbonyl (C=O) groups is 2. The molecule has 0 saturated heterocycles. The Morgan fingerprint density at radius 3 is 2.47 bits per heavy atom. The molecule has 0 bridgehead atoms. The van der Waals surface area contributed by atoms with Crippen molar-refractivity contribution in [2.45, 2.75) is 26.7 Å². The lowest BCUT2D eigenvalue weighted by molar-refractivity contribution is -0.137. The summed E-state index contributed by atoms with van der Waals surface area (Å²) in [4.78, 5) is 23.1. The number of nitrogens with zero attached hydrogens (tertiary/aromatic N) is 1. The van der Waals surface area contributed by atoms with Crippen LogP contribution < -0.4 is 5.32 Å². The Bertz CT molecular complexity index is 217. The predicted molar refractivity (Wildman–Crippen MR) is 57.7 cm³/mol. The van der Waals surface area contributed by atoms with E-state index >= 15 is 0 Å². The Morgan fingerprint density at radius 2 is 2.00 bits per heavy atom. The van der Waals surface area contributed by atoms with E-state index in [1.54, 1.807) is 7.05 Å². The Morgan fingerprint density at radius 1 is 1.40 bits per heavy atom. The number of carboxylic acid groups (broad SMARTS) is 1. The minimum Gasteiger partial charge on any atom is -0.481 e. The topological polar surface area (TPSA) is 69.6 Å². The Hall–Kier alpha value is -1.26. The van der Waals surface area contributed by atoms with Crippen LogP contribution >= 0.6 is 0 Å². The summed E-state index contributed by atoms with van der Waals surface area (Å²) in [5.74, 6) is -0.410. The summed E-state index contributed by atoms with van der Waals surface area (Å²) in [6, 6.07) is -0.144. The zero-order valence-corrected chi connectivity index (χ0v) is 9.62. The molecule has 0 aliphatic rings. The van der Waals surface area contributed by atoms with Gasteiger partial charge in [0, 0.05) is 26.6 Å². The molecule has 0 atom stereocenters. The van der Waals surface area contributed by atoms with E-state index in [0.29, 0.717) is 25.4 Å². The van der Waals surface area contributed by atoms with Gasteiger partial charge in [-0.15, -0.1) is 0 Å². The minimum atomic E-state index is -0.828. The van der Waals surface area contributed by atoms with E-state index < -0.39 is 5.97 Å². The van der Waals surface area contributed by atoms with Crippen molar-refractivity contribution in [1.82, 2.24) is 10.2 Å². The number of carboxylic acids is 1. The molecule has 0 aromatic carbocycles. The highest BCUT2D eigenvalue weighted by molar-refractivity contribution is 5.73. The number of hydrogen-bond donors (Lipinski definition) is 2. The van der Waals surface area contributed by atoms with Crippen LogP contribution in [-0.2, 0) is 4.79 Å². The van der Waals surface area contributed by atoms with Crippen LogP contribution in [0.15, 0.2) is 0 Å². The second-order valence-corrected chi connectivity index (χ2v) is 4.00. The number of nitrogens with one attached hydrogen (secondary N) is 1. The number of rotatable bonds is 6. The van der Waals surface area contributed by atoms with E-state index in [1.807, 2.05) is 13.8 Å². The van der Waals surface area contributed by atoms with Gasteiger partial charge >= 0.3 is 12.0 Å². The van der Waals surface area contributed by atoms with Gasteiger partial charge in [0.05, 0.1) is 0 Å². The van der Waals surface area contributed by atoms with Crippen molar-refractivity contribution < 1.29 is 14.7 Å². The molecule has 0 aromatic heterocycles. The average molecular weight is 216 g/mol. The number of urea groups is 1. The summed E-state index contributed by atoms with van der Waals surface area (Å²) in [6.45, 7) is 5.15. The third-order valence-corrected chi connectivity index (χ3v) is 1.89. The van der Waals surface area contributed by atoms with Crippen molar-refractivity contribution in [3.05, 3.63) is 0 Å². The van der Waals surface area contributed by atoms with Gasteiger partial charge in [-0.25, -0.2) is 4.79 Å². The van der Waals surface area contributed by atoms with Crippen LogP contribution in [-0.4, -0.2) is 42.1 Å². The van der Waals surface area contributed by atoms with Crippen LogP contribution in [0.1, 0.15) is 26.7 Å². The van der Waals surface area contributed by atoms with Crippen LogP contribution in [0.25, 0.3) is 0 Å². The first-order valence-electron chi connectivity index (χ1n) is 5.14. The van der Waals surface area contributed by atoms with E-state index in [9.17, 15) is 9.59 Å². The molecule has 88 valence electrons. The van der Waals surface area contributed by atoms with Crippen LogP contribution in [0.5, 0.6) is 0 Å². The van der Waals surface area contributed by atoms with Gasteiger partial charge in [-0.05, 0) is 12.3 Å². The van der Waals surface area contributed by atoms with Crippen LogP contribution in [0.3, 0.4) is 0 Å². The fourth-order valence-corrected chi connectivity index (χ4v) is 0.995. The fraction of sp³-hybridized carbons (Fsp3) is 0.800. The maximum absolute atomic E-state index is 11.4. The Balaban J connectivity index is 3.64. The zero-order valence-electron chi connectivity index (χ0n) is 9.62. The van der Waals surface area contributed by atoms with E-state index in [2.05, 4.69) is 5.32 Å². The molecular formula is C10H20N2O3. The average Bonchev–Trinajstić information content (AvgIpc) is 2.13. The predicted octanol–water partition coefficient (Wildman–Crippen LogP) is 1.15. The minimum absolute atomic E-state index is 0.0990. The van der Waals surface area contributed by atoms with Crippen LogP contribution in [0, 0.1) is 5.92 Å². The Labute approximate surface area is 90.5 Å². The van der Waals surface area contributed by atoms with Crippen molar-refractivity contribution in [2.75, 3.05) is 20.1 Å². The summed E-state index contributed by atoms with van der Waals surface area (Å²) in [5.41, 5.74) is 0. The Kier molecular flexibility index (Phi) is 6.49. The summed E-state index contributed by atoms with van der Waals surface area (Å²) < 4.78 is 0. The van der Waals surface area contributed by atoms with Gasteiger partial charge in [-0.3, -0.25) is 4.79 Å². The number of amides is 2. The van der Waals surface area contributed by atoms with Crippen molar-refractivity contribution >= 4 is 12.0 Å². The van der Waals surface area contributed by atoms with Gasteiger partial charge in [0.1, 0.15) is 0 Å². The molecule has 2 N–H and O–H groups in total. The first kappa shape index (κ1) is 13.7. The van der Waals surface area contributed by atoms with Crippen molar-refractivity contribution in [1.29, 1.82) is 0 Å². The molecule has 0 unspecified atom stereocenters. The van der Waals surface area contributed by atoms with Crippen LogP contribution in [0.2, 0.25) is 0 Å². The highest BCUT2D eigenvalue weighted by Gasteiger charge is 2.08. The number of aliphatic carboxylic acids is 1. The molecule has 0 radical (unpaired) electrons. The van der Waals surface area contributed by atoms with E-state index in [0.717, 1.165) is 0 Å². The molecular weight excluding hydrogens is 196 g/mol. The lowest BCUT2D eigenvalue weighted by atomic mass is 10.2. The summed E-state index contributed by atoms with van der Waals surface area (Å²) in [5, 5.41) is 11.2. The van der Waals surface area contributed by atoms with Gasteiger partial charge in [0.25, 0.3) is 0 Å². The lowest BCUT2D eigenvalue weighted by Gasteiger charge is -2.18. The molecule has 5 heteroatoms. The van der Waals surface area contributed by atoms with Crippen molar-refractivity contribution in [2.24, 2.45) is 5.92 Å². The zero-order chi connectivity index (χ0) is 11.8. The summed E-state index contributed by atoms with van der Waals surface area (Å²) in [6.07, 6.45) is 0.586. The second kappa shape index (κ2) is 7.09. The van der Waals surface area contributed by atoms with Crippen LogP contribution in [0.4, 0.5) is 4.79 Å². The molecule has 0 heterocycles. The highest BCUT2D eigenvalue weighted by Crippen LogP contribution is 1.94. The molecule has 2 amide bonds. The molecule has 5 nitrogen and oxygen atoms in total. The van der Waals surface area contributed by atoms with Crippen molar-refractivity contribution in [3.8, 4) is 0 Å². The van der Waals surface area contributed by atoms with Crippen molar-refractivity contribution in [3.63, 3.8) is 0 Å². The van der Waals surface area contributed by atoms with Gasteiger partial charge < -0.3 is 15.3 Å². The van der Waals surface area contributed by atoms with Gasteiger partial charge in [0.15, 0.2) is 0 Å². The monoisotopic (exact) mass is 216 g/mol. The van der Waals surface area contributed by atoms with E-state index in [4.69, 9.17) is 5.11 Å². The molecule has 0 aliphatic carbocycles. The quantitative estimate of drug-likeness (QED) is 0.699. The summed E-state index contributed by atoms with van der Waals surface area (Å²) >= 11 is 0. The molecule has 0 saturated carbocycles. The summed E-state index contributed by atoms with van der Waals surface area (Å²) in [7, 11) is 1.66. The third kappa shape index (κ3) is 7.78. The van der Waals surface area contributed by atoms with Gasteiger partial charge in [0.2, 0.25) is 0 Å². The SMILES string of the molecule is CC(C)CNC(=O)N(C)CCCC(=O)O. The molecule has 0 spiro atoms. The second-order valence-electron chi connectivity index (χ2n) is 4.00. The molecule has 15 heavy (non-hydrogen) atoms. The van der Waals surface area contributed by atoms with Gasteiger partial charge in [-0.1, -0.05) is 13.8 Å². The normalized spacial score (nSPS) is 10.1. The number of carbonyl (C=O) groups excluding carboxylic acids is 1. The smallest absolute Gasteiger partial charge is 0.317 e. The molecule has 0 aromatic rings. The molecule has 0 fully saturated rings. The highest BCUT2D eigenvalue weighted by atomic mass is 16.4. The third-order valence-electron chi connectivity index (χ3n) is 1.89. The van der Waals surface area contributed by atoms with E-state index in [1.165, 1.54) is 4.90 Å². The first-order valence-corrected chi connectivity index (χ1v) is 5.14. The molecule has 0 aliphatic heterocycles. The largest absolute Gasteiger partial charge is 0.481 e. The fourth-order valence-electron chi connectivity index (χ4n) is 0.995. The lowest BCUT2D eigenvalue weighted by Crippen LogP contribution is -2.39.